The van der Waals surface area contributed by atoms with E-state index in [2.05, 4.69) is 9.73 Å². The van der Waals surface area contributed by atoms with Gasteiger partial charge in [0.25, 0.3) is 5.56 Å². The number of aromatic nitrogens is 1. The molecule has 2 heterocycles. The molecular formula is C27H26F2N2O7S. The number of thiazole rings is 1. The lowest BCUT2D eigenvalue weighted by Crippen LogP contribution is -2.39. The van der Waals surface area contributed by atoms with Crippen LogP contribution in [-0.4, -0.2) is 45.1 Å². The smallest absolute Gasteiger partial charge is 0.387 e. The summed E-state index contributed by atoms with van der Waals surface area (Å²) in [6.45, 7) is 0.511. The molecule has 0 bridgehead atoms. The fourth-order valence-electron chi connectivity index (χ4n) is 4.25. The minimum Gasteiger partial charge on any atom is -0.493 e. The van der Waals surface area contributed by atoms with Gasteiger partial charge in [-0.15, -0.1) is 0 Å². The van der Waals surface area contributed by atoms with Gasteiger partial charge in [-0.3, -0.25) is 9.36 Å². The standard InChI is InChI=1S/C27H26F2N2O7S/c1-6-37-25(33)22-14(2)30-27-31(23(22)16-8-10-17(34-3)20(13-16)36-5)24(32)21(39-27)12-15-7-9-18(38-26(28)29)19(11-15)35-4/h7-13,23,26H,6H2,1-5H3/b21-12+. The number of fused-ring (bicyclic) bond motifs is 1. The molecule has 0 fully saturated rings. The molecule has 1 aliphatic rings. The Hall–Kier alpha value is -4.19. The first-order valence-corrected chi connectivity index (χ1v) is 12.6. The first-order chi connectivity index (χ1) is 18.7. The number of carbonyl (C=O) groups excluding carboxylic acids is 1. The second kappa shape index (κ2) is 11.7. The van der Waals surface area contributed by atoms with E-state index in [-0.39, 0.29) is 23.7 Å². The second-order valence-electron chi connectivity index (χ2n) is 8.21. The van der Waals surface area contributed by atoms with E-state index < -0.39 is 24.2 Å². The molecule has 0 radical (unpaired) electrons. The third-order valence-corrected chi connectivity index (χ3v) is 6.92. The number of allylic oxidation sites excluding steroid dienone is 1. The van der Waals surface area contributed by atoms with Gasteiger partial charge in [-0.25, -0.2) is 9.79 Å². The molecule has 0 amide bonds. The molecule has 2 aromatic carbocycles. The maximum atomic E-state index is 13.8. The lowest BCUT2D eigenvalue weighted by molar-refractivity contribution is -0.139. The van der Waals surface area contributed by atoms with Crippen LogP contribution in [-0.2, 0) is 9.53 Å². The fraction of sp³-hybridized carbons (Fsp3) is 0.296. The Morgan fingerprint density at radius 1 is 1.05 bits per heavy atom. The Morgan fingerprint density at radius 2 is 1.72 bits per heavy atom. The molecule has 1 unspecified atom stereocenters. The molecule has 206 valence electrons. The summed E-state index contributed by atoms with van der Waals surface area (Å²) in [6, 6.07) is 8.63. The SMILES string of the molecule is CCOC(=O)C1=C(C)N=c2s/c(=C/c3ccc(OC(F)F)c(OC)c3)c(=O)n2C1c1ccc(OC)c(OC)c1. The van der Waals surface area contributed by atoms with Crippen molar-refractivity contribution in [3.8, 4) is 23.0 Å². The minimum atomic E-state index is -3.01. The van der Waals surface area contributed by atoms with E-state index in [4.69, 9.17) is 18.9 Å². The number of benzene rings is 2. The van der Waals surface area contributed by atoms with E-state index in [1.54, 1.807) is 38.1 Å². The molecule has 1 aromatic heterocycles. The number of carbonyl (C=O) groups is 1. The van der Waals surface area contributed by atoms with Crippen LogP contribution < -0.4 is 33.8 Å². The van der Waals surface area contributed by atoms with Crippen molar-refractivity contribution in [2.24, 2.45) is 4.99 Å². The summed E-state index contributed by atoms with van der Waals surface area (Å²) >= 11 is 1.13. The molecule has 0 saturated carbocycles. The van der Waals surface area contributed by atoms with Crippen molar-refractivity contribution in [2.75, 3.05) is 27.9 Å². The van der Waals surface area contributed by atoms with Crippen molar-refractivity contribution < 1.29 is 37.3 Å². The fourth-order valence-corrected chi connectivity index (χ4v) is 5.30. The summed E-state index contributed by atoms with van der Waals surface area (Å²) in [5.74, 6) is 0.273. The summed E-state index contributed by atoms with van der Waals surface area (Å²) in [7, 11) is 4.33. The number of hydrogen-bond acceptors (Lipinski definition) is 9. The number of ether oxygens (including phenoxy) is 5. The van der Waals surface area contributed by atoms with Crippen LogP contribution in [0.3, 0.4) is 0 Å². The molecule has 3 aromatic rings. The maximum absolute atomic E-state index is 13.8. The molecule has 0 aliphatic carbocycles. The Labute approximate surface area is 226 Å². The Balaban J connectivity index is 1.91. The van der Waals surface area contributed by atoms with Gasteiger partial charge in [0.15, 0.2) is 27.8 Å². The van der Waals surface area contributed by atoms with Gasteiger partial charge < -0.3 is 23.7 Å². The number of halogens is 2. The van der Waals surface area contributed by atoms with E-state index in [9.17, 15) is 18.4 Å². The highest BCUT2D eigenvalue weighted by Crippen LogP contribution is 2.36. The monoisotopic (exact) mass is 560 g/mol. The summed E-state index contributed by atoms with van der Waals surface area (Å²) in [5.41, 5.74) is 1.34. The van der Waals surface area contributed by atoms with Crippen LogP contribution in [0.25, 0.3) is 6.08 Å². The van der Waals surface area contributed by atoms with Crippen molar-refractivity contribution in [3.63, 3.8) is 0 Å². The van der Waals surface area contributed by atoms with Crippen LogP contribution in [0.15, 0.2) is 57.5 Å². The van der Waals surface area contributed by atoms with Gasteiger partial charge in [0, 0.05) is 0 Å². The highest BCUT2D eigenvalue weighted by molar-refractivity contribution is 7.07. The summed E-state index contributed by atoms with van der Waals surface area (Å²) in [5, 5.41) is 0. The number of hydrogen-bond donors (Lipinski definition) is 0. The largest absolute Gasteiger partial charge is 0.493 e. The molecule has 4 rings (SSSR count). The van der Waals surface area contributed by atoms with Crippen LogP contribution in [0.1, 0.15) is 31.0 Å². The van der Waals surface area contributed by atoms with Gasteiger partial charge in [0.1, 0.15) is 0 Å². The molecule has 0 saturated heterocycles. The zero-order valence-corrected chi connectivity index (χ0v) is 22.6. The lowest BCUT2D eigenvalue weighted by atomic mass is 9.95. The summed E-state index contributed by atoms with van der Waals surface area (Å²) in [4.78, 5) is 31.8. The number of methoxy groups -OCH3 is 3. The first-order valence-electron chi connectivity index (χ1n) is 11.8. The second-order valence-corrected chi connectivity index (χ2v) is 9.21. The van der Waals surface area contributed by atoms with Gasteiger partial charge in [-0.05, 0) is 55.3 Å². The van der Waals surface area contributed by atoms with Crippen LogP contribution in [0.2, 0.25) is 0 Å². The van der Waals surface area contributed by atoms with Gasteiger partial charge in [-0.1, -0.05) is 23.5 Å². The van der Waals surface area contributed by atoms with Gasteiger partial charge in [-0.2, -0.15) is 8.78 Å². The number of nitrogens with zero attached hydrogens (tertiary/aromatic N) is 2. The average Bonchev–Trinajstić information content (AvgIpc) is 3.21. The normalized spacial score (nSPS) is 15.1. The quantitative estimate of drug-likeness (QED) is 0.370. The lowest BCUT2D eigenvalue weighted by Gasteiger charge is -2.25. The third kappa shape index (κ3) is 5.51. The molecular weight excluding hydrogens is 534 g/mol. The van der Waals surface area contributed by atoms with Crippen LogP contribution >= 0.6 is 11.3 Å². The van der Waals surface area contributed by atoms with Crippen LogP contribution in [0.5, 0.6) is 23.0 Å². The minimum absolute atomic E-state index is 0.0838. The van der Waals surface area contributed by atoms with E-state index in [0.717, 1.165) is 11.3 Å². The first kappa shape index (κ1) is 27.8. The van der Waals surface area contributed by atoms with Gasteiger partial charge in [0.05, 0.1) is 49.8 Å². The van der Waals surface area contributed by atoms with Crippen molar-refractivity contribution in [1.82, 2.24) is 4.57 Å². The topological polar surface area (TPSA) is 97.6 Å². The third-order valence-electron chi connectivity index (χ3n) is 5.94. The van der Waals surface area contributed by atoms with E-state index >= 15 is 0 Å². The molecule has 9 nitrogen and oxygen atoms in total. The number of alkyl halides is 2. The maximum Gasteiger partial charge on any atom is 0.387 e. The highest BCUT2D eigenvalue weighted by Gasteiger charge is 2.34. The van der Waals surface area contributed by atoms with Crippen molar-refractivity contribution >= 4 is 23.4 Å². The zero-order valence-electron chi connectivity index (χ0n) is 21.8. The summed E-state index contributed by atoms with van der Waals surface area (Å²) < 4.78 is 52.9. The van der Waals surface area contributed by atoms with Crippen molar-refractivity contribution in [2.45, 2.75) is 26.5 Å². The highest BCUT2D eigenvalue weighted by atomic mass is 32.1. The van der Waals surface area contributed by atoms with Crippen LogP contribution in [0, 0.1) is 0 Å². The average molecular weight is 561 g/mol. The van der Waals surface area contributed by atoms with Crippen molar-refractivity contribution in [3.05, 3.63) is 78.5 Å². The predicted molar refractivity (Wildman–Crippen MR) is 140 cm³/mol. The summed E-state index contributed by atoms with van der Waals surface area (Å²) in [6.07, 6.45) is 1.59. The van der Waals surface area contributed by atoms with Crippen molar-refractivity contribution in [1.29, 1.82) is 0 Å². The zero-order chi connectivity index (χ0) is 28.3. The van der Waals surface area contributed by atoms with E-state index in [1.165, 1.54) is 44.1 Å². The van der Waals surface area contributed by atoms with Crippen LogP contribution in [0.4, 0.5) is 8.78 Å². The predicted octanol–water partition coefficient (Wildman–Crippen LogP) is 3.43. The molecule has 39 heavy (non-hydrogen) atoms. The molecule has 1 atom stereocenters. The Kier molecular flexibility index (Phi) is 8.34. The molecule has 0 N–H and O–H groups in total. The molecule has 1 aliphatic heterocycles. The molecule has 0 spiro atoms. The Morgan fingerprint density at radius 3 is 2.36 bits per heavy atom. The van der Waals surface area contributed by atoms with E-state index in [0.29, 0.717) is 37.7 Å². The van der Waals surface area contributed by atoms with E-state index in [1.807, 2.05) is 0 Å². The Bertz CT molecular complexity index is 1610. The van der Waals surface area contributed by atoms with Gasteiger partial charge >= 0.3 is 12.6 Å². The number of esters is 1. The van der Waals surface area contributed by atoms with Gasteiger partial charge in [0.2, 0.25) is 0 Å². The number of rotatable bonds is 9. The molecule has 12 heteroatoms.